The third-order valence-electron chi connectivity index (χ3n) is 5.59. The number of esters is 2. The predicted octanol–water partition coefficient (Wildman–Crippen LogP) is 1.77. The second-order valence-corrected chi connectivity index (χ2v) is 9.11. The molecule has 0 aromatic rings. The van der Waals surface area contributed by atoms with Gasteiger partial charge >= 0.3 is 27.3 Å². The van der Waals surface area contributed by atoms with Crippen LogP contribution in [0.25, 0.3) is 0 Å². The number of alkyl halides is 2. The third kappa shape index (κ3) is 3.64. The maximum absolute atomic E-state index is 13.0. The molecule has 0 atom stereocenters. The van der Waals surface area contributed by atoms with Crippen molar-refractivity contribution in [2.24, 2.45) is 23.2 Å². The highest BCUT2D eigenvalue weighted by Crippen LogP contribution is 2.60. The van der Waals surface area contributed by atoms with Gasteiger partial charge in [-0.15, -0.1) is 0 Å². The Morgan fingerprint density at radius 3 is 1.96 bits per heavy atom. The zero-order chi connectivity index (χ0) is 18.5. The Balaban J connectivity index is 1.48. The normalized spacial score (nSPS) is 34.0. The van der Waals surface area contributed by atoms with Gasteiger partial charge in [0.2, 0.25) is 0 Å². The highest BCUT2D eigenvalue weighted by molar-refractivity contribution is 7.87. The number of hydrogen-bond donors (Lipinski definition) is 1. The molecule has 0 aliphatic heterocycles. The van der Waals surface area contributed by atoms with Gasteiger partial charge in [0.15, 0.2) is 6.61 Å². The lowest BCUT2D eigenvalue weighted by Gasteiger charge is -2.56. The summed E-state index contributed by atoms with van der Waals surface area (Å²) in [5, 5.41) is -5.12. The van der Waals surface area contributed by atoms with Crippen molar-refractivity contribution < 1.29 is 40.8 Å². The van der Waals surface area contributed by atoms with Crippen LogP contribution in [-0.4, -0.2) is 43.4 Å². The Labute approximate surface area is 143 Å². The van der Waals surface area contributed by atoms with Crippen LogP contribution in [0, 0.1) is 23.2 Å². The lowest BCUT2D eigenvalue weighted by Crippen LogP contribution is -2.48. The summed E-state index contributed by atoms with van der Waals surface area (Å²) in [6.07, 6.45) is 6.59. The van der Waals surface area contributed by atoms with Gasteiger partial charge in [-0.25, -0.2) is 9.59 Å². The van der Waals surface area contributed by atoms with Crippen LogP contribution in [0.4, 0.5) is 8.78 Å². The number of ether oxygens (including phenoxy) is 2. The molecular weight excluding hydrogens is 362 g/mol. The molecule has 10 heteroatoms. The van der Waals surface area contributed by atoms with Crippen molar-refractivity contribution in [1.29, 1.82) is 0 Å². The van der Waals surface area contributed by atoms with Gasteiger partial charge in [-0.2, -0.15) is 17.2 Å². The van der Waals surface area contributed by atoms with E-state index in [9.17, 15) is 26.8 Å². The molecule has 4 bridgehead atoms. The maximum atomic E-state index is 13.0. The molecule has 0 saturated heterocycles. The molecule has 0 aromatic carbocycles. The lowest BCUT2D eigenvalue weighted by molar-refractivity contribution is -0.173. The van der Waals surface area contributed by atoms with Crippen molar-refractivity contribution in [1.82, 2.24) is 0 Å². The van der Waals surface area contributed by atoms with Crippen molar-refractivity contribution >= 4 is 22.1 Å². The number of halogens is 2. The quantitative estimate of drug-likeness (QED) is 0.551. The summed E-state index contributed by atoms with van der Waals surface area (Å²) in [5.41, 5.74) is -0.0766. The zero-order valence-electron chi connectivity index (χ0n) is 13.4. The molecule has 25 heavy (non-hydrogen) atoms. The summed E-state index contributed by atoms with van der Waals surface area (Å²) in [7, 11) is -5.95. The van der Waals surface area contributed by atoms with Crippen molar-refractivity contribution in [2.75, 3.05) is 13.2 Å². The minimum absolute atomic E-state index is 0.0766. The second kappa shape index (κ2) is 6.15. The monoisotopic (exact) mass is 382 g/mol. The highest BCUT2D eigenvalue weighted by atomic mass is 32.2. The summed E-state index contributed by atoms with van der Waals surface area (Å²) in [5.74, 6) is -1.58. The molecule has 0 unspecified atom stereocenters. The van der Waals surface area contributed by atoms with Gasteiger partial charge in [0, 0.05) is 5.41 Å². The first kappa shape index (κ1) is 18.5. The molecule has 0 heterocycles. The molecule has 1 N–H and O–H groups in total. The average Bonchev–Trinajstić information content (AvgIpc) is 2.48. The standard InChI is InChI=1S/C15H20F2O7S/c16-15(17,25(20,21)22)13(19)23-7-12(18)24-8-14-4-9-1-10(5-14)3-11(2-9)6-14/h9-11H,1-8H2,(H,20,21,22). The van der Waals surface area contributed by atoms with Gasteiger partial charge in [0.05, 0.1) is 6.61 Å². The largest absolute Gasteiger partial charge is 0.465 e. The molecule has 4 saturated carbocycles. The van der Waals surface area contributed by atoms with Crippen molar-refractivity contribution in [2.45, 2.75) is 43.8 Å². The summed E-state index contributed by atoms with van der Waals surface area (Å²) >= 11 is 0. The van der Waals surface area contributed by atoms with Crippen molar-refractivity contribution in [3.8, 4) is 0 Å². The SMILES string of the molecule is O=C(COC(=O)C(F)(F)S(=O)(=O)O)OCC12CC3CC(CC(C3)C1)C2. The lowest BCUT2D eigenvalue weighted by atomic mass is 9.50. The van der Waals surface area contributed by atoms with Crippen molar-refractivity contribution in [3.63, 3.8) is 0 Å². The van der Waals surface area contributed by atoms with E-state index in [2.05, 4.69) is 4.74 Å². The first-order valence-corrected chi connectivity index (χ1v) is 9.62. The number of carbonyl (C=O) groups is 2. The first-order valence-electron chi connectivity index (χ1n) is 8.18. The van der Waals surface area contributed by atoms with Crippen LogP contribution < -0.4 is 0 Å². The summed E-state index contributed by atoms with van der Waals surface area (Å²) in [4.78, 5) is 22.7. The van der Waals surface area contributed by atoms with E-state index in [1.807, 2.05) is 0 Å². The minimum Gasteiger partial charge on any atom is -0.463 e. The smallest absolute Gasteiger partial charge is 0.463 e. The summed E-state index contributed by atoms with van der Waals surface area (Å²) in [6.45, 7) is -0.974. The van der Waals surface area contributed by atoms with Gasteiger partial charge < -0.3 is 9.47 Å². The van der Waals surface area contributed by atoms with Crippen LogP contribution in [0.15, 0.2) is 0 Å². The number of hydrogen-bond acceptors (Lipinski definition) is 6. The van der Waals surface area contributed by atoms with E-state index in [1.165, 1.54) is 19.3 Å². The van der Waals surface area contributed by atoms with Crippen LogP contribution in [0.5, 0.6) is 0 Å². The molecule has 0 aromatic heterocycles. The molecule has 142 valence electrons. The van der Waals surface area contributed by atoms with E-state index in [1.54, 1.807) is 0 Å². The van der Waals surface area contributed by atoms with E-state index < -0.39 is 33.9 Å². The molecule has 4 rings (SSSR count). The third-order valence-corrected chi connectivity index (χ3v) is 6.40. The molecule has 0 spiro atoms. The number of rotatable bonds is 6. The zero-order valence-corrected chi connectivity index (χ0v) is 14.3. The molecule has 4 aliphatic rings. The first-order chi connectivity index (χ1) is 11.5. The highest BCUT2D eigenvalue weighted by Gasteiger charge is 2.54. The van der Waals surface area contributed by atoms with Crippen LogP contribution in [0.3, 0.4) is 0 Å². The molecule has 4 fully saturated rings. The average molecular weight is 382 g/mol. The summed E-state index contributed by atoms with van der Waals surface area (Å²) in [6, 6.07) is 0. The fourth-order valence-electron chi connectivity index (χ4n) is 5.06. The predicted molar refractivity (Wildman–Crippen MR) is 79.0 cm³/mol. The Kier molecular flexibility index (Phi) is 4.55. The van der Waals surface area contributed by atoms with E-state index in [0.29, 0.717) is 17.8 Å². The Hall–Kier alpha value is -1.29. The fraction of sp³-hybridized carbons (Fsp3) is 0.867. The van der Waals surface area contributed by atoms with E-state index in [0.717, 1.165) is 19.3 Å². The molecular formula is C15H20F2O7S. The maximum Gasteiger partial charge on any atom is 0.465 e. The summed E-state index contributed by atoms with van der Waals surface area (Å²) < 4.78 is 64.2. The van der Waals surface area contributed by atoms with Crippen LogP contribution in [-0.2, 0) is 29.2 Å². The second-order valence-electron chi connectivity index (χ2n) is 7.65. The van der Waals surface area contributed by atoms with Crippen LogP contribution in [0.1, 0.15) is 38.5 Å². The van der Waals surface area contributed by atoms with Gasteiger partial charge in [-0.3, -0.25) is 4.55 Å². The van der Waals surface area contributed by atoms with Gasteiger partial charge in [0.25, 0.3) is 0 Å². The molecule has 4 aliphatic carbocycles. The van der Waals surface area contributed by atoms with E-state index in [-0.39, 0.29) is 12.0 Å². The minimum atomic E-state index is -5.95. The van der Waals surface area contributed by atoms with Crippen LogP contribution in [0.2, 0.25) is 0 Å². The Morgan fingerprint density at radius 2 is 1.52 bits per heavy atom. The van der Waals surface area contributed by atoms with Crippen LogP contribution >= 0.6 is 0 Å². The van der Waals surface area contributed by atoms with Gasteiger partial charge in [0.1, 0.15) is 0 Å². The van der Waals surface area contributed by atoms with Crippen molar-refractivity contribution in [3.05, 3.63) is 0 Å². The van der Waals surface area contributed by atoms with E-state index in [4.69, 9.17) is 9.29 Å². The molecule has 0 radical (unpaired) electrons. The molecule has 0 amide bonds. The van der Waals surface area contributed by atoms with Gasteiger partial charge in [-0.1, -0.05) is 0 Å². The Morgan fingerprint density at radius 1 is 1.04 bits per heavy atom. The van der Waals surface area contributed by atoms with Gasteiger partial charge in [-0.05, 0) is 56.3 Å². The molecule has 7 nitrogen and oxygen atoms in total. The topological polar surface area (TPSA) is 107 Å². The van der Waals surface area contributed by atoms with E-state index >= 15 is 0 Å². The fourth-order valence-corrected chi connectivity index (χ4v) is 5.33. The Bertz CT molecular complexity index is 638. The number of carbonyl (C=O) groups excluding carboxylic acids is 2.